The van der Waals surface area contributed by atoms with E-state index in [4.69, 9.17) is 5.73 Å². The normalized spacial score (nSPS) is 23.0. The fourth-order valence-corrected chi connectivity index (χ4v) is 3.50. The summed E-state index contributed by atoms with van der Waals surface area (Å²) < 4.78 is 29.5. The molecular weight excluding hydrogens is 232 g/mol. The average molecular weight is 250 g/mol. The molecule has 1 atom stereocenters. The predicted molar refractivity (Wildman–Crippen MR) is 59.2 cm³/mol. The SMILES string of the molecule is COC(=O)CS(=O)(=O)N1CCCCC1CN. The molecule has 0 aliphatic carbocycles. The Kier molecular flexibility index (Phi) is 4.69. The lowest BCUT2D eigenvalue weighted by molar-refractivity contribution is -0.137. The van der Waals surface area contributed by atoms with E-state index in [2.05, 4.69) is 4.74 Å². The quantitative estimate of drug-likeness (QED) is 0.666. The van der Waals surface area contributed by atoms with Crippen LogP contribution in [0, 0.1) is 0 Å². The Hall–Kier alpha value is -0.660. The van der Waals surface area contributed by atoms with Gasteiger partial charge in [0.1, 0.15) is 0 Å². The zero-order valence-electron chi connectivity index (χ0n) is 9.39. The molecule has 0 aromatic carbocycles. The van der Waals surface area contributed by atoms with Gasteiger partial charge in [0.05, 0.1) is 7.11 Å². The van der Waals surface area contributed by atoms with Gasteiger partial charge in [0.25, 0.3) is 0 Å². The minimum Gasteiger partial charge on any atom is -0.468 e. The van der Waals surface area contributed by atoms with E-state index in [1.165, 1.54) is 11.4 Å². The number of ether oxygens (including phenoxy) is 1. The Morgan fingerprint density at radius 1 is 1.50 bits per heavy atom. The second kappa shape index (κ2) is 5.60. The minimum atomic E-state index is -3.58. The van der Waals surface area contributed by atoms with Gasteiger partial charge in [0.15, 0.2) is 5.75 Å². The lowest BCUT2D eigenvalue weighted by Crippen LogP contribution is -2.49. The highest BCUT2D eigenvalue weighted by atomic mass is 32.2. The van der Waals surface area contributed by atoms with Gasteiger partial charge in [-0.25, -0.2) is 8.42 Å². The van der Waals surface area contributed by atoms with Gasteiger partial charge in [-0.1, -0.05) is 6.42 Å². The number of hydrogen-bond donors (Lipinski definition) is 1. The van der Waals surface area contributed by atoms with Crippen LogP contribution < -0.4 is 5.73 Å². The largest absolute Gasteiger partial charge is 0.468 e. The number of piperidine rings is 1. The molecule has 1 fully saturated rings. The van der Waals surface area contributed by atoms with Gasteiger partial charge >= 0.3 is 5.97 Å². The summed E-state index contributed by atoms with van der Waals surface area (Å²) in [6, 6.07) is -0.177. The number of carbonyl (C=O) groups is 1. The number of nitrogens with zero attached hydrogens (tertiary/aromatic N) is 1. The molecule has 2 N–H and O–H groups in total. The molecule has 0 radical (unpaired) electrons. The Labute approximate surface area is 95.8 Å². The number of hydrogen-bond acceptors (Lipinski definition) is 5. The Morgan fingerprint density at radius 3 is 2.75 bits per heavy atom. The van der Waals surface area contributed by atoms with Crippen molar-refractivity contribution in [2.24, 2.45) is 5.73 Å². The van der Waals surface area contributed by atoms with Crippen LogP contribution in [0.1, 0.15) is 19.3 Å². The van der Waals surface area contributed by atoms with Crippen LogP contribution in [0.15, 0.2) is 0 Å². The molecule has 1 heterocycles. The van der Waals surface area contributed by atoms with Gasteiger partial charge in [-0.2, -0.15) is 4.31 Å². The third-order valence-corrected chi connectivity index (χ3v) is 4.53. The lowest BCUT2D eigenvalue weighted by atomic mass is 10.1. The number of carbonyl (C=O) groups excluding carboxylic acids is 1. The summed E-state index contributed by atoms with van der Waals surface area (Å²) in [4.78, 5) is 11.0. The van der Waals surface area contributed by atoms with E-state index in [9.17, 15) is 13.2 Å². The first kappa shape index (κ1) is 13.4. The third kappa shape index (κ3) is 3.16. The summed E-state index contributed by atoms with van der Waals surface area (Å²) in [7, 11) is -2.40. The summed E-state index contributed by atoms with van der Waals surface area (Å²) >= 11 is 0. The number of nitrogens with two attached hydrogens (primary N) is 1. The van der Waals surface area contributed by atoms with Crippen molar-refractivity contribution in [3.8, 4) is 0 Å². The molecule has 0 aromatic heterocycles. The maximum Gasteiger partial charge on any atom is 0.322 e. The van der Waals surface area contributed by atoms with E-state index < -0.39 is 21.7 Å². The van der Waals surface area contributed by atoms with Crippen LogP contribution in [-0.4, -0.2) is 50.7 Å². The fourth-order valence-electron chi connectivity index (χ4n) is 1.87. The zero-order valence-corrected chi connectivity index (χ0v) is 10.2. The van der Waals surface area contributed by atoms with E-state index in [1.54, 1.807) is 0 Å². The van der Waals surface area contributed by atoms with Crippen molar-refractivity contribution in [2.75, 3.05) is 26.0 Å². The summed E-state index contributed by atoms with van der Waals surface area (Å²) in [5.41, 5.74) is 5.53. The number of sulfonamides is 1. The highest BCUT2D eigenvalue weighted by Gasteiger charge is 2.33. The third-order valence-electron chi connectivity index (χ3n) is 2.73. The number of rotatable bonds is 4. The molecule has 1 aliphatic rings. The molecule has 1 rings (SSSR count). The van der Waals surface area contributed by atoms with Crippen molar-refractivity contribution >= 4 is 16.0 Å². The number of methoxy groups -OCH3 is 1. The Bertz CT molecular complexity index is 341. The maximum atomic E-state index is 11.9. The maximum absolute atomic E-state index is 11.9. The van der Waals surface area contributed by atoms with Gasteiger partial charge in [0.2, 0.25) is 10.0 Å². The number of esters is 1. The molecule has 1 aliphatic heterocycles. The second-order valence-electron chi connectivity index (χ2n) is 3.83. The highest BCUT2D eigenvalue weighted by Crippen LogP contribution is 2.20. The van der Waals surface area contributed by atoms with Crippen molar-refractivity contribution in [2.45, 2.75) is 25.3 Å². The summed E-state index contributed by atoms with van der Waals surface area (Å²) in [6.07, 6.45) is 2.56. The molecule has 6 nitrogen and oxygen atoms in total. The van der Waals surface area contributed by atoms with Crippen LogP contribution in [0.5, 0.6) is 0 Å². The smallest absolute Gasteiger partial charge is 0.322 e. The van der Waals surface area contributed by atoms with E-state index in [0.29, 0.717) is 13.1 Å². The van der Waals surface area contributed by atoms with Crippen LogP contribution in [0.25, 0.3) is 0 Å². The summed E-state index contributed by atoms with van der Waals surface area (Å²) in [5.74, 6) is -1.33. The molecule has 1 saturated heterocycles. The lowest BCUT2D eigenvalue weighted by Gasteiger charge is -2.33. The molecule has 16 heavy (non-hydrogen) atoms. The van der Waals surface area contributed by atoms with E-state index >= 15 is 0 Å². The van der Waals surface area contributed by atoms with Crippen LogP contribution in [-0.2, 0) is 19.6 Å². The fraction of sp³-hybridized carbons (Fsp3) is 0.889. The van der Waals surface area contributed by atoms with Gasteiger partial charge < -0.3 is 10.5 Å². The molecule has 0 aromatic rings. The van der Waals surface area contributed by atoms with Gasteiger partial charge in [-0.15, -0.1) is 0 Å². The van der Waals surface area contributed by atoms with Crippen LogP contribution in [0.4, 0.5) is 0 Å². The molecule has 94 valence electrons. The van der Waals surface area contributed by atoms with Gasteiger partial charge in [-0.05, 0) is 12.8 Å². The molecule has 0 bridgehead atoms. The molecule has 0 amide bonds. The van der Waals surface area contributed by atoms with Gasteiger partial charge in [0, 0.05) is 19.1 Å². The predicted octanol–water partition coefficient (Wildman–Crippen LogP) is -0.698. The van der Waals surface area contributed by atoms with Crippen molar-refractivity contribution in [1.82, 2.24) is 4.31 Å². The first-order valence-corrected chi connectivity index (χ1v) is 6.88. The Balaban J connectivity index is 2.76. The van der Waals surface area contributed by atoms with Crippen molar-refractivity contribution in [3.63, 3.8) is 0 Å². The van der Waals surface area contributed by atoms with E-state index in [0.717, 1.165) is 19.3 Å². The molecule has 0 spiro atoms. The van der Waals surface area contributed by atoms with Crippen molar-refractivity contribution in [3.05, 3.63) is 0 Å². The monoisotopic (exact) mass is 250 g/mol. The van der Waals surface area contributed by atoms with Crippen molar-refractivity contribution in [1.29, 1.82) is 0 Å². The first-order chi connectivity index (χ1) is 7.51. The van der Waals surface area contributed by atoms with Crippen molar-refractivity contribution < 1.29 is 17.9 Å². The van der Waals surface area contributed by atoms with E-state index in [1.807, 2.05) is 0 Å². The van der Waals surface area contributed by atoms with Crippen LogP contribution >= 0.6 is 0 Å². The highest BCUT2D eigenvalue weighted by molar-refractivity contribution is 7.89. The Morgan fingerprint density at radius 2 is 2.19 bits per heavy atom. The van der Waals surface area contributed by atoms with Gasteiger partial charge in [-0.3, -0.25) is 4.79 Å². The molecule has 0 saturated carbocycles. The summed E-state index contributed by atoms with van der Waals surface area (Å²) in [5, 5.41) is 0. The molecule has 7 heteroatoms. The average Bonchev–Trinajstić information content (AvgIpc) is 2.28. The van der Waals surface area contributed by atoms with Crippen LogP contribution in [0.3, 0.4) is 0 Å². The first-order valence-electron chi connectivity index (χ1n) is 5.27. The van der Waals surface area contributed by atoms with E-state index in [-0.39, 0.29) is 6.04 Å². The molecule has 1 unspecified atom stereocenters. The minimum absolute atomic E-state index is 0.177. The van der Waals surface area contributed by atoms with Crippen LogP contribution in [0.2, 0.25) is 0 Å². The summed E-state index contributed by atoms with van der Waals surface area (Å²) in [6.45, 7) is 0.738. The topological polar surface area (TPSA) is 89.7 Å². The standard InChI is InChI=1S/C9H18N2O4S/c1-15-9(12)7-16(13,14)11-5-3-2-4-8(11)6-10/h8H,2-7,10H2,1H3. The molecular formula is C9H18N2O4S. The zero-order chi connectivity index (χ0) is 12.2. The second-order valence-corrected chi connectivity index (χ2v) is 5.75.